The molecule has 0 aromatic rings. The number of carbonyl (C=O) groups excluding carboxylic acids is 1. The summed E-state index contributed by atoms with van der Waals surface area (Å²) in [5.74, 6) is 0.754. The van der Waals surface area contributed by atoms with Crippen LogP contribution in [0.3, 0.4) is 0 Å². The minimum Gasteiger partial charge on any atom is -0.480 e. The maximum Gasteiger partial charge on any atom is 0.329 e. The van der Waals surface area contributed by atoms with Crippen LogP contribution in [0.5, 0.6) is 0 Å². The molecule has 1 atom stereocenters. The number of nitrogens with one attached hydrogen (secondary N) is 1. The zero-order valence-corrected chi connectivity index (χ0v) is 7.24. The Morgan fingerprint density at radius 3 is 2.69 bits per heavy atom. The van der Waals surface area contributed by atoms with Crippen molar-refractivity contribution in [3.05, 3.63) is 0 Å². The first-order valence-electron chi connectivity index (χ1n) is 3.61. The Bertz CT molecular complexity index is 231. The van der Waals surface area contributed by atoms with Crippen molar-refractivity contribution in [2.75, 3.05) is 13.2 Å². The molecule has 0 aliphatic heterocycles. The average molecular weight is 185 g/mol. The summed E-state index contributed by atoms with van der Waals surface area (Å²) in [6, 6.07) is -0.374. The van der Waals surface area contributed by atoms with Crippen molar-refractivity contribution in [1.29, 1.82) is 0 Å². The lowest BCUT2D eigenvalue weighted by molar-refractivity contribution is -0.143. The van der Waals surface area contributed by atoms with Gasteiger partial charge in [0, 0.05) is 0 Å². The topological polar surface area (TPSA) is 75.6 Å². The Hall–Kier alpha value is -1.54. The summed E-state index contributed by atoms with van der Waals surface area (Å²) in [6.45, 7) is 0.852. The minimum atomic E-state index is -1.11. The van der Waals surface area contributed by atoms with Crippen LogP contribution in [-0.2, 0) is 14.3 Å². The van der Waals surface area contributed by atoms with Gasteiger partial charge in [-0.2, -0.15) is 0 Å². The molecule has 5 heteroatoms. The predicted octanol–water partition coefficient (Wildman–Crippen LogP) is -0.774. The fourth-order valence-electron chi connectivity index (χ4n) is 0.556. The Balaban J connectivity index is 3.53. The number of amides is 1. The molecule has 0 aromatic carbocycles. The number of aliphatic carboxylic acids is 1. The third-order valence-corrected chi connectivity index (χ3v) is 1.09. The smallest absolute Gasteiger partial charge is 0.329 e. The molecule has 0 radical (unpaired) electrons. The summed E-state index contributed by atoms with van der Waals surface area (Å²) in [5, 5.41) is 10.6. The Morgan fingerprint density at radius 2 is 2.23 bits per heavy atom. The Morgan fingerprint density at radius 1 is 1.62 bits per heavy atom. The molecule has 5 nitrogen and oxygen atoms in total. The maximum atomic E-state index is 10.9. The van der Waals surface area contributed by atoms with Crippen molar-refractivity contribution in [3.63, 3.8) is 0 Å². The number of carboxylic acids is 1. The summed E-state index contributed by atoms with van der Waals surface area (Å²) in [5.41, 5.74) is 0. The van der Waals surface area contributed by atoms with Crippen molar-refractivity contribution in [2.24, 2.45) is 0 Å². The first-order valence-corrected chi connectivity index (χ1v) is 3.61. The molecular formula is C8H11NO4. The van der Waals surface area contributed by atoms with Gasteiger partial charge >= 0.3 is 5.97 Å². The second-order valence-electron chi connectivity index (χ2n) is 2.34. The summed E-state index contributed by atoms with van der Waals surface area (Å²) < 4.78 is 4.52. The fraction of sp³-hybridized carbons (Fsp3) is 0.500. The van der Waals surface area contributed by atoms with Gasteiger partial charge in [0.2, 0.25) is 5.91 Å². The highest BCUT2D eigenvalue weighted by atomic mass is 16.5. The lowest BCUT2D eigenvalue weighted by Crippen LogP contribution is -2.34. The van der Waals surface area contributed by atoms with Gasteiger partial charge in [-0.3, -0.25) is 4.79 Å². The minimum absolute atomic E-state index is 0.293. The van der Waals surface area contributed by atoms with Crippen LogP contribution in [-0.4, -0.2) is 36.2 Å². The van der Waals surface area contributed by atoms with Crippen LogP contribution in [0.1, 0.15) is 6.92 Å². The predicted molar refractivity (Wildman–Crippen MR) is 44.9 cm³/mol. The first-order chi connectivity index (χ1) is 6.06. The van der Waals surface area contributed by atoms with Gasteiger partial charge in [-0.15, -0.1) is 6.42 Å². The molecule has 1 unspecified atom stereocenters. The zero-order valence-electron chi connectivity index (χ0n) is 7.24. The van der Waals surface area contributed by atoms with Crippen molar-refractivity contribution >= 4 is 11.9 Å². The lowest BCUT2D eigenvalue weighted by atomic mass is 10.3. The van der Waals surface area contributed by atoms with E-state index in [2.05, 4.69) is 16.0 Å². The molecule has 0 rings (SSSR count). The van der Waals surface area contributed by atoms with Crippen LogP contribution in [0, 0.1) is 12.3 Å². The quantitative estimate of drug-likeness (QED) is 0.551. The third-order valence-electron chi connectivity index (χ3n) is 1.09. The highest BCUT2D eigenvalue weighted by molar-refractivity contribution is 5.78. The Labute approximate surface area is 76.1 Å². The van der Waals surface area contributed by atoms with Gasteiger partial charge in [-0.1, -0.05) is 5.92 Å². The van der Waals surface area contributed by atoms with E-state index < -0.39 is 18.5 Å². The summed E-state index contributed by atoms with van der Waals surface area (Å²) >= 11 is 0. The van der Waals surface area contributed by atoms with Crippen LogP contribution in [0.2, 0.25) is 0 Å². The van der Waals surface area contributed by atoms with Crippen molar-refractivity contribution in [2.45, 2.75) is 13.0 Å². The molecule has 0 aliphatic rings. The molecule has 0 saturated heterocycles. The van der Waals surface area contributed by atoms with Gasteiger partial charge in [0.25, 0.3) is 0 Å². The molecule has 0 aromatic heterocycles. The summed E-state index contributed by atoms with van der Waals surface area (Å²) in [7, 11) is 0. The van der Waals surface area contributed by atoms with E-state index in [0.717, 1.165) is 0 Å². The van der Waals surface area contributed by atoms with Gasteiger partial charge in [-0.25, -0.2) is 4.79 Å². The van der Waals surface area contributed by atoms with Crippen LogP contribution in [0.25, 0.3) is 0 Å². The number of hydrogen-bond acceptors (Lipinski definition) is 3. The van der Waals surface area contributed by atoms with Crippen LogP contribution in [0.15, 0.2) is 0 Å². The molecule has 1 amide bonds. The molecule has 72 valence electrons. The largest absolute Gasteiger partial charge is 0.480 e. The van der Waals surface area contributed by atoms with Crippen molar-refractivity contribution < 1.29 is 19.4 Å². The van der Waals surface area contributed by atoms with E-state index >= 15 is 0 Å². The summed E-state index contributed by atoms with van der Waals surface area (Å²) in [4.78, 5) is 20.8. The molecular weight excluding hydrogens is 174 g/mol. The Kier molecular flexibility index (Phi) is 5.32. The van der Waals surface area contributed by atoms with E-state index in [-0.39, 0.29) is 12.6 Å². The third kappa shape index (κ3) is 6.84. The van der Waals surface area contributed by atoms with E-state index in [1.54, 1.807) is 6.92 Å². The highest BCUT2D eigenvalue weighted by Crippen LogP contribution is 1.80. The number of rotatable bonds is 5. The molecule has 0 aliphatic carbocycles. The van der Waals surface area contributed by atoms with E-state index in [1.165, 1.54) is 0 Å². The maximum absolute atomic E-state index is 10.9. The number of terminal acetylenes is 1. The highest BCUT2D eigenvalue weighted by Gasteiger charge is 2.05. The second kappa shape index (κ2) is 6.03. The van der Waals surface area contributed by atoms with Crippen LogP contribution >= 0.6 is 0 Å². The number of ether oxygens (including phenoxy) is 1. The van der Waals surface area contributed by atoms with E-state index in [1.807, 2.05) is 0 Å². The SMILES string of the molecule is C#CC(C)NC(=O)COCC(=O)O. The molecule has 0 fully saturated rings. The van der Waals surface area contributed by atoms with Gasteiger partial charge in [0.1, 0.15) is 13.2 Å². The van der Waals surface area contributed by atoms with E-state index in [9.17, 15) is 9.59 Å². The van der Waals surface area contributed by atoms with Gasteiger partial charge in [-0.05, 0) is 6.92 Å². The van der Waals surface area contributed by atoms with Crippen molar-refractivity contribution in [3.8, 4) is 12.3 Å². The lowest BCUT2D eigenvalue weighted by Gasteiger charge is -2.06. The molecule has 2 N–H and O–H groups in total. The fourth-order valence-corrected chi connectivity index (χ4v) is 0.556. The van der Waals surface area contributed by atoms with Crippen molar-refractivity contribution in [1.82, 2.24) is 5.32 Å². The normalized spacial score (nSPS) is 11.4. The van der Waals surface area contributed by atoms with Gasteiger partial charge in [0.05, 0.1) is 6.04 Å². The molecule has 0 heterocycles. The monoisotopic (exact) mass is 185 g/mol. The van der Waals surface area contributed by atoms with E-state index in [0.29, 0.717) is 0 Å². The first kappa shape index (κ1) is 11.5. The standard InChI is InChI=1S/C8H11NO4/c1-3-6(2)9-7(10)4-13-5-8(11)12/h1,6H,4-5H2,2H3,(H,9,10)(H,11,12). The number of hydrogen-bond donors (Lipinski definition) is 2. The molecule has 0 saturated carbocycles. The van der Waals surface area contributed by atoms with Crippen LogP contribution < -0.4 is 5.32 Å². The summed E-state index contributed by atoms with van der Waals surface area (Å²) in [6.07, 6.45) is 5.00. The van der Waals surface area contributed by atoms with E-state index in [4.69, 9.17) is 11.5 Å². The molecule has 13 heavy (non-hydrogen) atoms. The number of carboxylic acid groups (broad SMARTS) is 1. The number of carbonyl (C=O) groups is 2. The zero-order chi connectivity index (χ0) is 10.3. The molecule has 0 spiro atoms. The molecule has 0 bridgehead atoms. The average Bonchev–Trinajstić information content (AvgIpc) is 2.03. The van der Waals surface area contributed by atoms with Gasteiger partial charge in [0.15, 0.2) is 0 Å². The van der Waals surface area contributed by atoms with Crippen LogP contribution in [0.4, 0.5) is 0 Å². The second-order valence-corrected chi connectivity index (χ2v) is 2.34. The van der Waals surface area contributed by atoms with Gasteiger partial charge < -0.3 is 15.2 Å².